The van der Waals surface area contributed by atoms with Crippen molar-refractivity contribution in [3.63, 3.8) is 0 Å². The molecule has 2 unspecified atom stereocenters. The molecule has 0 amide bonds. The number of aryl methyl sites for hydroxylation is 1. The lowest BCUT2D eigenvalue weighted by atomic mass is 9.92. The molecule has 4 rings (SSSR count). The van der Waals surface area contributed by atoms with Crippen molar-refractivity contribution in [3.05, 3.63) is 29.7 Å². The minimum absolute atomic E-state index is 0.248. The molecule has 0 bridgehead atoms. The fraction of sp³-hybridized carbons (Fsp3) is 0.562. The Kier molecular flexibility index (Phi) is 4.05. The standard InChI is InChI=1S/C16H18F3N5S/c1-10-21-15(25-22-10)24-7-4-11-3-6-23(9-13(11)24)14-8-12(2-5-20-14)16(17,18)19/h2,5,8,11,13H,3-4,6-7,9H2,1H3. The average Bonchev–Trinajstić information content (AvgIpc) is 3.19. The number of alkyl halides is 3. The first-order valence-electron chi connectivity index (χ1n) is 8.27. The summed E-state index contributed by atoms with van der Waals surface area (Å²) in [5.41, 5.74) is -0.650. The predicted molar refractivity (Wildman–Crippen MR) is 90.0 cm³/mol. The number of pyridine rings is 1. The molecular formula is C16H18F3N5S. The summed E-state index contributed by atoms with van der Waals surface area (Å²) in [5, 5.41) is 0.906. The van der Waals surface area contributed by atoms with Crippen molar-refractivity contribution in [1.82, 2.24) is 14.3 Å². The summed E-state index contributed by atoms with van der Waals surface area (Å²) in [4.78, 5) is 12.9. The molecule has 0 radical (unpaired) electrons. The second kappa shape index (κ2) is 6.12. The Morgan fingerprint density at radius 3 is 2.76 bits per heavy atom. The molecule has 134 valence electrons. The second-order valence-corrected chi connectivity index (χ2v) is 7.30. The molecule has 2 aromatic heterocycles. The van der Waals surface area contributed by atoms with Crippen LogP contribution >= 0.6 is 11.5 Å². The van der Waals surface area contributed by atoms with Gasteiger partial charge in [0.1, 0.15) is 11.6 Å². The van der Waals surface area contributed by atoms with E-state index >= 15 is 0 Å². The molecule has 0 spiro atoms. The zero-order valence-electron chi connectivity index (χ0n) is 13.7. The first-order chi connectivity index (χ1) is 11.9. The van der Waals surface area contributed by atoms with E-state index in [1.807, 2.05) is 11.8 Å². The molecule has 2 saturated heterocycles. The van der Waals surface area contributed by atoms with Crippen LogP contribution in [-0.4, -0.2) is 40.0 Å². The Hall–Kier alpha value is -1.90. The Bertz CT molecular complexity index is 762. The van der Waals surface area contributed by atoms with Gasteiger partial charge in [-0.2, -0.15) is 17.5 Å². The molecular weight excluding hydrogens is 351 g/mol. The molecule has 0 aliphatic carbocycles. The van der Waals surface area contributed by atoms with Crippen LogP contribution in [0.25, 0.3) is 0 Å². The molecule has 25 heavy (non-hydrogen) atoms. The van der Waals surface area contributed by atoms with Gasteiger partial charge in [0.25, 0.3) is 0 Å². The molecule has 2 atom stereocenters. The van der Waals surface area contributed by atoms with Crippen molar-refractivity contribution in [2.45, 2.75) is 32.0 Å². The molecule has 0 N–H and O–H groups in total. The number of piperidine rings is 1. The number of nitrogens with zero attached hydrogens (tertiary/aromatic N) is 5. The number of fused-ring (bicyclic) bond motifs is 1. The van der Waals surface area contributed by atoms with E-state index < -0.39 is 11.7 Å². The van der Waals surface area contributed by atoms with Gasteiger partial charge in [0.05, 0.1) is 11.6 Å². The minimum Gasteiger partial charge on any atom is -0.355 e. The van der Waals surface area contributed by atoms with E-state index in [2.05, 4.69) is 19.2 Å². The third kappa shape index (κ3) is 3.17. The van der Waals surface area contributed by atoms with E-state index in [0.29, 0.717) is 18.3 Å². The maximum atomic E-state index is 13.0. The van der Waals surface area contributed by atoms with Crippen LogP contribution in [0.3, 0.4) is 0 Å². The lowest BCUT2D eigenvalue weighted by Crippen LogP contribution is -2.48. The summed E-state index contributed by atoms with van der Waals surface area (Å²) in [6.45, 7) is 4.19. The van der Waals surface area contributed by atoms with E-state index in [-0.39, 0.29) is 6.04 Å². The van der Waals surface area contributed by atoms with Gasteiger partial charge in [0.2, 0.25) is 5.13 Å². The lowest BCUT2D eigenvalue weighted by Gasteiger charge is -2.39. The van der Waals surface area contributed by atoms with Crippen LogP contribution in [0, 0.1) is 12.8 Å². The van der Waals surface area contributed by atoms with Gasteiger partial charge in [-0.1, -0.05) is 0 Å². The van der Waals surface area contributed by atoms with E-state index in [1.165, 1.54) is 17.7 Å². The van der Waals surface area contributed by atoms with Crippen molar-refractivity contribution in [1.29, 1.82) is 0 Å². The zero-order chi connectivity index (χ0) is 17.6. The van der Waals surface area contributed by atoms with Crippen LogP contribution in [0.4, 0.5) is 24.1 Å². The molecule has 2 aromatic rings. The Morgan fingerprint density at radius 2 is 2.04 bits per heavy atom. The summed E-state index contributed by atoms with van der Waals surface area (Å²) in [6.07, 6.45) is -1.06. The Labute approximate surface area is 147 Å². The quantitative estimate of drug-likeness (QED) is 0.812. The fourth-order valence-corrected chi connectivity index (χ4v) is 4.52. The van der Waals surface area contributed by atoms with Crippen LogP contribution in [0.2, 0.25) is 0 Å². The smallest absolute Gasteiger partial charge is 0.355 e. The van der Waals surface area contributed by atoms with E-state index in [0.717, 1.165) is 49.0 Å². The van der Waals surface area contributed by atoms with Crippen molar-refractivity contribution >= 4 is 22.5 Å². The molecule has 0 saturated carbocycles. The van der Waals surface area contributed by atoms with Crippen molar-refractivity contribution in [2.75, 3.05) is 29.4 Å². The number of anilines is 2. The molecule has 4 heterocycles. The molecule has 9 heteroatoms. The molecule has 5 nitrogen and oxygen atoms in total. The predicted octanol–water partition coefficient (Wildman–Crippen LogP) is 3.37. The van der Waals surface area contributed by atoms with Crippen molar-refractivity contribution < 1.29 is 13.2 Å². The van der Waals surface area contributed by atoms with Gasteiger partial charge in [0, 0.05) is 37.4 Å². The van der Waals surface area contributed by atoms with Crippen LogP contribution in [0.15, 0.2) is 18.3 Å². The molecule has 2 fully saturated rings. The van der Waals surface area contributed by atoms with Crippen LogP contribution < -0.4 is 9.80 Å². The molecule has 2 aliphatic rings. The number of aromatic nitrogens is 3. The third-order valence-electron chi connectivity index (χ3n) is 5.02. The van der Waals surface area contributed by atoms with Gasteiger partial charge >= 0.3 is 6.18 Å². The second-order valence-electron chi connectivity index (χ2n) is 6.57. The van der Waals surface area contributed by atoms with Crippen LogP contribution in [-0.2, 0) is 6.18 Å². The van der Waals surface area contributed by atoms with Crippen LogP contribution in [0.1, 0.15) is 24.2 Å². The number of halogens is 3. The van der Waals surface area contributed by atoms with Crippen molar-refractivity contribution in [2.24, 2.45) is 5.92 Å². The summed E-state index contributed by atoms with van der Waals surface area (Å²) in [7, 11) is 0. The summed E-state index contributed by atoms with van der Waals surface area (Å²) in [5.74, 6) is 1.70. The topological polar surface area (TPSA) is 45.2 Å². The van der Waals surface area contributed by atoms with Gasteiger partial charge in [0.15, 0.2) is 0 Å². The SMILES string of the molecule is Cc1nsc(N2CCC3CCN(c4cc(C(F)(F)F)ccn4)CC32)n1. The number of rotatable bonds is 2. The zero-order valence-corrected chi connectivity index (χ0v) is 14.5. The molecule has 0 aromatic carbocycles. The third-order valence-corrected chi connectivity index (χ3v) is 5.87. The number of hydrogen-bond acceptors (Lipinski definition) is 6. The van der Waals surface area contributed by atoms with Gasteiger partial charge < -0.3 is 9.80 Å². The average molecular weight is 369 g/mol. The van der Waals surface area contributed by atoms with Gasteiger partial charge in [-0.25, -0.2) is 9.97 Å². The Balaban J connectivity index is 1.56. The first kappa shape index (κ1) is 16.6. The first-order valence-corrected chi connectivity index (χ1v) is 9.04. The van der Waals surface area contributed by atoms with Crippen molar-refractivity contribution in [3.8, 4) is 0 Å². The van der Waals surface area contributed by atoms with Gasteiger partial charge in [-0.3, -0.25) is 0 Å². The Morgan fingerprint density at radius 1 is 1.24 bits per heavy atom. The highest BCUT2D eigenvalue weighted by atomic mass is 32.1. The highest BCUT2D eigenvalue weighted by Gasteiger charge is 2.40. The molecule has 2 aliphatic heterocycles. The maximum absolute atomic E-state index is 13.0. The summed E-state index contributed by atoms with van der Waals surface area (Å²) >= 11 is 1.39. The maximum Gasteiger partial charge on any atom is 0.416 e. The van der Waals surface area contributed by atoms with Gasteiger partial charge in [-0.15, -0.1) is 0 Å². The normalized spacial score (nSPS) is 23.8. The summed E-state index contributed by atoms with van der Waals surface area (Å²) < 4.78 is 43.2. The van der Waals surface area contributed by atoms with Crippen LogP contribution in [0.5, 0.6) is 0 Å². The highest BCUT2D eigenvalue weighted by Crippen LogP contribution is 2.37. The highest BCUT2D eigenvalue weighted by molar-refractivity contribution is 7.09. The van der Waals surface area contributed by atoms with E-state index in [1.54, 1.807) is 0 Å². The minimum atomic E-state index is -4.35. The number of hydrogen-bond donors (Lipinski definition) is 0. The van der Waals surface area contributed by atoms with Gasteiger partial charge in [-0.05, 0) is 37.8 Å². The van der Waals surface area contributed by atoms with E-state index in [9.17, 15) is 13.2 Å². The van der Waals surface area contributed by atoms with E-state index in [4.69, 9.17) is 0 Å². The summed E-state index contributed by atoms with van der Waals surface area (Å²) in [6, 6.07) is 2.41. The monoisotopic (exact) mass is 369 g/mol. The fourth-order valence-electron chi connectivity index (χ4n) is 3.76. The lowest BCUT2D eigenvalue weighted by molar-refractivity contribution is -0.137. The largest absolute Gasteiger partial charge is 0.416 e.